The number of carbonyl (C=O) groups is 2. The van der Waals surface area contributed by atoms with Gasteiger partial charge in [0.15, 0.2) is 0 Å². The predicted octanol–water partition coefficient (Wildman–Crippen LogP) is 2.63. The number of carboxylic acids is 1. The van der Waals surface area contributed by atoms with Crippen molar-refractivity contribution >= 4 is 17.7 Å². The average Bonchev–Trinajstić information content (AvgIpc) is 2.38. The number of nitrogens with one attached hydrogen (secondary N) is 2. The van der Waals surface area contributed by atoms with Crippen LogP contribution in [0, 0.1) is 6.92 Å². The van der Waals surface area contributed by atoms with E-state index in [2.05, 4.69) is 10.6 Å². The summed E-state index contributed by atoms with van der Waals surface area (Å²) in [6.07, 6.45) is 0. The first-order chi connectivity index (χ1) is 9.76. The van der Waals surface area contributed by atoms with Gasteiger partial charge in [-0.15, -0.1) is 0 Å². The summed E-state index contributed by atoms with van der Waals surface area (Å²) in [6, 6.07) is 4.36. The SMILES string of the molecule is CCOC(C)(C)CNC(=O)Nc1cccc(C(=O)O)c1C. The molecule has 1 aromatic carbocycles. The van der Waals surface area contributed by atoms with E-state index >= 15 is 0 Å². The molecule has 0 radical (unpaired) electrons. The number of ether oxygens (including phenoxy) is 1. The third-order valence-electron chi connectivity index (χ3n) is 3.02. The van der Waals surface area contributed by atoms with Gasteiger partial charge in [-0.3, -0.25) is 0 Å². The second kappa shape index (κ2) is 7.08. The molecule has 0 aliphatic heterocycles. The highest BCUT2D eigenvalue weighted by Gasteiger charge is 2.19. The molecule has 6 heteroatoms. The number of hydrogen-bond donors (Lipinski definition) is 3. The van der Waals surface area contributed by atoms with Gasteiger partial charge in [0.05, 0.1) is 11.2 Å². The molecule has 3 N–H and O–H groups in total. The van der Waals surface area contributed by atoms with E-state index in [-0.39, 0.29) is 5.56 Å². The molecule has 6 nitrogen and oxygen atoms in total. The number of amides is 2. The molecule has 0 atom stereocenters. The first kappa shape index (κ1) is 17.0. The minimum atomic E-state index is -1.02. The maximum absolute atomic E-state index is 11.9. The number of hydrogen-bond acceptors (Lipinski definition) is 3. The Morgan fingerprint density at radius 1 is 1.33 bits per heavy atom. The molecule has 0 spiro atoms. The van der Waals surface area contributed by atoms with Gasteiger partial charge < -0.3 is 20.5 Å². The van der Waals surface area contributed by atoms with Crippen molar-refractivity contribution in [2.24, 2.45) is 0 Å². The Morgan fingerprint density at radius 2 is 2.00 bits per heavy atom. The van der Waals surface area contributed by atoms with Gasteiger partial charge in [0.1, 0.15) is 0 Å². The summed E-state index contributed by atoms with van der Waals surface area (Å²) in [6.45, 7) is 8.23. The van der Waals surface area contributed by atoms with E-state index in [1.807, 2.05) is 20.8 Å². The lowest BCUT2D eigenvalue weighted by atomic mass is 10.1. The summed E-state index contributed by atoms with van der Waals surface area (Å²) in [5.74, 6) is -1.02. The molecule has 0 unspecified atom stereocenters. The van der Waals surface area contributed by atoms with Crippen molar-refractivity contribution in [1.82, 2.24) is 5.32 Å². The summed E-state index contributed by atoms with van der Waals surface area (Å²) in [5, 5.41) is 14.4. The van der Waals surface area contributed by atoms with E-state index in [0.717, 1.165) is 0 Å². The number of anilines is 1. The van der Waals surface area contributed by atoms with Crippen molar-refractivity contribution in [3.05, 3.63) is 29.3 Å². The lowest BCUT2D eigenvalue weighted by Gasteiger charge is -2.25. The molecule has 0 heterocycles. The van der Waals surface area contributed by atoms with Crippen LogP contribution in [-0.2, 0) is 4.74 Å². The smallest absolute Gasteiger partial charge is 0.336 e. The highest BCUT2D eigenvalue weighted by Crippen LogP contribution is 2.18. The van der Waals surface area contributed by atoms with Gasteiger partial charge in [-0.2, -0.15) is 0 Å². The van der Waals surface area contributed by atoms with Crippen LogP contribution in [0.15, 0.2) is 18.2 Å². The van der Waals surface area contributed by atoms with Crippen LogP contribution in [0.3, 0.4) is 0 Å². The summed E-state index contributed by atoms with van der Waals surface area (Å²) in [5.41, 5.74) is 0.706. The van der Waals surface area contributed by atoms with Crippen LogP contribution >= 0.6 is 0 Å². The fourth-order valence-corrected chi connectivity index (χ4v) is 1.90. The second-order valence-electron chi connectivity index (χ2n) is 5.28. The molecule has 0 aromatic heterocycles. The number of rotatable bonds is 6. The largest absolute Gasteiger partial charge is 0.478 e. The third-order valence-corrected chi connectivity index (χ3v) is 3.02. The van der Waals surface area contributed by atoms with Crippen molar-refractivity contribution in [1.29, 1.82) is 0 Å². The molecule has 116 valence electrons. The van der Waals surface area contributed by atoms with Crippen LogP contribution in [0.5, 0.6) is 0 Å². The predicted molar refractivity (Wildman–Crippen MR) is 80.9 cm³/mol. The Kier molecular flexibility index (Phi) is 5.72. The van der Waals surface area contributed by atoms with Gasteiger partial charge >= 0.3 is 12.0 Å². The summed E-state index contributed by atoms with van der Waals surface area (Å²) in [7, 11) is 0. The zero-order valence-corrected chi connectivity index (χ0v) is 12.8. The second-order valence-corrected chi connectivity index (χ2v) is 5.28. The molecule has 0 saturated carbocycles. The van der Waals surface area contributed by atoms with Gasteiger partial charge in [0.2, 0.25) is 0 Å². The minimum Gasteiger partial charge on any atom is -0.478 e. The fourth-order valence-electron chi connectivity index (χ4n) is 1.90. The lowest BCUT2D eigenvalue weighted by Crippen LogP contribution is -2.42. The number of carboxylic acid groups (broad SMARTS) is 1. The van der Waals surface area contributed by atoms with E-state index < -0.39 is 17.6 Å². The third kappa shape index (κ3) is 5.07. The Balaban J connectivity index is 2.68. The van der Waals surface area contributed by atoms with Crippen LogP contribution in [0.25, 0.3) is 0 Å². The van der Waals surface area contributed by atoms with E-state index in [1.165, 1.54) is 6.07 Å². The summed E-state index contributed by atoms with van der Waals surface area (Å²) in [4.78, 5) is 22.9. The standard InChI is InChI=1S/C15H22N2O4/c1-5-21-15(3,4)9-16-14(20)17-12-8-6-7-11(10(12)2)13(18)19/h6-8H,5,9H2,1-4H3,(H,18,19)(H2,16,17,20). The maximum Gasteiger partial charge on any atom is 0.336 e. The van der Waals surface area contributed by atoms with Crippen molar-refractivity contribution in [2.45, 2.75) is 33.3 Å². The van der Waals surface area contributed by atoms with E-state index in [0.29, 0.717) is 24.4 Å². The van der Waals surface area contributed by atoms with Crippen LogP contribution in [0.1, 0.15) is 36.7 Å². The van der Waals surface area contributed by atoms with Crippen LogP contribution in [0.2, 0.25) is 0 Å². The quantitative estimate of drug-likeness (QED) is 0.752. The van der Waals surface area contributed by atoms with Gasteiger partial charge in [0.25, 0.3) is 0 Å². The van der Waals surface area contributed by atoms with Gasteiger partial charge in [-0.05, 0) is 45.4 Å². The molecule has 21 heavy (non-hydrogen) atoms. The zero-order chi connectivity index (χ0) is 16.0. The zero-order valence-electron chi connectivity index (χ0n) is 12.8. The molecular weight excluding hydrogens is 272 g/mol. The van der Waals surface area contributed by atoms with Crippen LogP contribution in [-0.4, -0.2) is 35.9 Å². The number of benzene rings is 1. The molecule has 0 fully saturated rings. The number of urea groups is 1. The van der Waals surface area contributed by atoms with Gasteiger partial charge in [-0.25, -0.2) is 9.59 Å². The maximum atomic E-state index is 11.9. The fraction of sp³-hybridized carbons (Fsp3) is 0.467. The Labute approximate surface area is 124 Å². The summed E-state index contributed by atoms with van der Waals surface area (Å²) < 4.78 is 5.48. The normalized spacial score (nSPS) is 11.0. The molecule has 0 saturated heterocycles. The average molecular weight is 294 g/mol. The molecule has 0 aliphatic rings. The molecular formula is C15H22N2O4. The Morgan fingerprint density at radius 3 is 2.57 bits per heavy atom. The summed E-state index contributed by atoms with van der Waals surface area (Å²) >= 11 is 0. The number of aromatic carboxylic acids is 1. The van der Waals surface area contributed by atoms with Crippen molar-refractivity contribution < 1.29 is 19.4 Å². The topological polar surface area (TPSA) is 87.7 Å². The molecule has 0 bridgehead atoms. The highest BCUT2D eigenvalue weighted by atomic mass is 16.5. The minimum absolute atomic E-state index is 0.169. The van der Waals surface area contributed by atoms with E-state index in [4.69, 9.17) is 9.84 Å². The van der Waals surface area contributed by atoms with Gasteiger partial charge in [0, 0.05) is 18.8 Å². The Hall–Kier alpha value is -2.08. The lowest BCUT2D eigenvalue weighted by molar-refractivity contribution is -0.00663. The van der Waals surface area contributed by atoms with Crippen LogP contribution < -0.4 is 10.6 Å². The number of carbonyl (C=O) groups excluding carboxylic acids is 1. The molecule has 0 aliphatic carbocycles. The molecule has 2 amide bonds. The van der Waals surface area contributed by atoms with E-state index in [9.17, 15) is 9.59 Å². The first-order valence-corrected chi connectivity index (χ1v) is 6.78. The highest BCUT2D eigenvalue weighted by molar-refractivity contribution is 5.95. The van der Waals surface area contributed by atoms with Crippen molar-refractivity contribution in [2.75, 3.05) is 18.5 Å². The molecule has 1 aromatic rings. The van der Waals surface area contributed by atoms with E-state index in [1.54, 1.807) is 19.1 Å². The first-order valence-electron chi connectivity index (χ1n) is 6.78. The Bertz CT molecular complexity index is 526. The van der Waals surface area contributed by atoms with Crippen molar-refractivity contribution in [3.63, 3.8) is 0 Å². The van der Waals surface area contributed by atoms with Crippen molar-refractivity contribution in [3.8, 4) is 0 Å². The monoisotopic (exact) mass is 294 g/mol. The van der Waals surface area contributed by atoms with Crippen LogP contribution in [0.4, 0.5) is 10.5 Å². The molecule has 1 rings (SSSR count). The van der Waals surface area contributed by atoms with Gasteiger partial charge in [-0.1, -0.05) is 6.07 Å².